The molecule has 4 heterocycles. The van der Waals surface area contributed by atoms with Crippen molar-refractivity contribution in [3.05, 3.63) is 107 Å². The van der Waals surface area contributed by atoms with Crippen LogP contribution in [0.4, 0.5) is 0 Å². The summed E-state index contributed by atoms with van der Waals surface area (Å²) in [5.74, 6) is -0.0754. The van der Waals surface area contributed by atoms with Gasteiger partial charge in [0.15, 0.2) is 29.7 Å². The molecule has 0 saturated carbocycles. The zero-order chi connectivity index (χ0) is 28.3. The van der Waals surface area contributed by atoms with Crippen LogP contribution < -0.4 is 10.9 Å². The van der Waals surface area contributed by atoms with Gasteiger partial charge >= 0.3 is 13.8 Å². The molecule has 2 aromatic heterocycles. The first-order chi connectivity index (χ1) is 19.1. The summed E-state index contributed by atoms with van der Waals surface area (Å²) in [6.07, 6.45) is 2.98. The molecule has 2 aliphatic heterocycles. The Bertz CT molecular complexity index is 1590. The quantitative estimate of drug-likeness (QED) is 0.324. The molecule has 0 unspecified atom stereocenters. The lowest BCUT2D eigenvalue weighted by Crippen LogP contribution is -2.25. The maximum absolute atomic E-state index is 12.3. The van der Waals surface area contributed by atoms with E-state index < -0.39 is 19.7 Å². The minimum atomic E-state index is -3.40. The number of nitrogens with zero attached hydrogens (tertiary/aromatic N) is 2. The summed E-state index contributed by atoms with van der Waals surface area (Å²) >= 11 is 0. The maximum Gasteiger partial charge on any atom is 0.324 e. The van der Waals surface area contributed by atoms with E-state index in [9.17, 15) is 16.8 Å². The molecule has 2 aromatic carbocycles. The van der Waals surface area contributed by atoms with Crippen LogP contribution in [0.5, 0.6) is 0 Å². The van der Waals surface area contributed by atoms with Crippen molar-refractivity contribution in [2.75, 3.05) is 0 Å². The van der Waals surface area contributed by atoms with Crippen LogP contribution in [-0.4, -0.2) is 40.6 Å². The van der Waals surface area contributed by atoms with Gasteiger partial charge in [0.2, 0.25) is 0 Å². The van der Waals surface area contributed by atoms with E-state index in [-0.39, 0.29) is 35.4 Å². The van der Waals surface area contributed by atoms with Gasteiger partial charge in [-0.2, -0.15) is 0 Å². The smallest absolute Gasteiger partial charge is 0.324 e. The van der Waals surface area contributed by atoms with E-state index >= 15 is 0 Å². The number of hydrogen-bond donors (Lipinski definition) is 0. The van der Waals surface area contributed by atoms with E-state index in [0.29, 0.717) is 13.2 Å². The number of fused-ring (bicyclic) bond motifs is 2. The van der Waals surface area contributed by atoms with Gasteiger partial charge in [0.1, 0.15) is 0 Å². The van der Waals surface area contributed by atoms with Gasteiger partial charge in [0, 0.05) is 12.4 Å². The average molecular weight is 574 g/mol. The highest BCUT2D eigenvalue weighted by Gasteiger charge is 2.26. The molecule has 0 bridgehead atoms. The first-order valence-corrected chi connectivity index (χ1v) is 16.2. The third-order valence-electron chi connectivity index (χ3n) is 6.90. The van der Waals surface area contributed by atoms with Crippen LogP contribution in [0.15, 0.2) is 95.2 Å². The molecule has 204 valence electrons. The van der Waals surface area contributed by atoms with E-state index in [2.05, 4.69) is 9.97 Å². The van der Waals surface area contributed by atoms with Crippen molar-refractivity contribution in [1.29, 1.82) is 0 Å². The van der Waals surface area contributed by atoms with E-state index in [0.717, 1.165) is 33.2 Å². The molecular formula is C28H28B2N2O6S2. The zero-order valence-corrected chi connectivity index (χ0v) is 23.9. The maximum atomic E-state index is 12.3. The largest absolute Gasteiger partial charge is 0.427 e. The fourth-order valence-electron chi connectivity index (χ4n) is 4.75. The number of aromatic nitrogens is 2. The summed E-state index contributed by atoms with van der Waals surface area (Å²) in [4.78, 5) is 7.84. The molecule has 2 aliphatic rings. The molecule has 40 heavy (non-hydrogen) atoms. The highest BCUT2D eigenvalue weighted by molar-refractivity contribution is 7.90. The molecule has 6 rings (SSSR count). The number of hydrogen-bond acceptors (Lipinski definition) is 8. The van der Waals surface area contributed by atoms with Crippen LogP contribution in [0, 0.1) is 0 Å². The minimum Gasteiger partial charge on any atom is -0.427 e. The Labute approximate surface area is 235 Å². The third-order valence-corrected chi connectivity index (χ3v) is 10.1. The normalized spacial score (nSPS) is 14.3. The second-order valence-corrected chi connectivity index (χ2v) is 13.7. The first-order valence-electron chi connectivity index (χ1n) is 12.9. The van der Waals surface area contributed by atoms with Crippen molar-refractivity contribution in [2.24, 2.45) is 0 Å². The predicted octanol–water partition coefficient (Wildman–Crippen LogP) is 2.83. The summed E-state index contributed by atoms with van der Waals surface area (Å²) in [7, 11) is -6.80. The molecule has 0 aliphatic carbocycles. The Kier molecular flexibility index (Phi) is 8.23. The van der Waals surface area contributed by atoms with E-state index in [1.807, 2.05) is 50.0 Å². The molecular weight excluding hydrogens is 546 g/mol. The Hall–Kier alpha value is -3.31. The lowest BCUT2D eigenvalue weighted by Gasteiger charge is -2.06. The highest BCUT2D eigenvalue weighted by Crippen LogP contribution is 2.18. The molecule has 4 aromatic rings. The molecule has 0 N–H and O–H groups in total. The van der Waals surface area contributed by atoms with Crippen LogP contribution in [0.2, 0.25) is 13.6 Å². The molecule has 0 amide bonds. The predicted molar refractivity (Wildman–Crippen MR) is 155 cm³/mol. The van der Waals surface area contributed by atoms with Gasteiger partial charge in [-0.15, -0.1) is 0 Å². The molecule has 0 fully saturated rings. The number of pyridine rings is 2. The lowest BCUT2D eigenvalue weighted by atomic mass is 9.64. The summed E-state index contributed by atoms with van der Waals surface area (Å²) in [6, 6.07) is 21.2. The van der Waals surface area contributed by atoms with Gasteiger partial charge < -0.3 is 9.31 Å². The summed E-state index contributed by atoms with van der Waals surface area (Å²) in [5.41, 5.74) is 5.98. The summed E-state index contributed by atoms with van der Waals surface area (Å²) in [5, 5.41) is 0.231. The SMILES string of the molecule is CB1OCc2ccc(CS(=O)(=O)c3ccccn3)cc21.CB1OCc2ccc(CS(=O)(=O)c3ccccn3)cc21. The van der Waals surface area contributed by atoms with Crippen molar-refractivity contribution in [3.8, 4) is 0 Å². The van der Waals surface area contributed by atoms with E-state index in [1.54, 1.807) is 24.3 Å². The van der Waals surface area contributed by atoms with Gasteiger partial charge in [-0.1, -0.05) is 62.2 Å². The van der Waals surface area contributed by atoms with Gasteiger partial charge in [-0.3, -0.25) is 0 Å². The third kappa shape index (κ3) is 6.36. The number of benzene rings is 2. The first kappa shape index (κ1) is 28.2. The molecule has 0 spiro atoms. The molecule has 0 radical (unpaired) electrons. The minimum absolute atomic E-state index is 0.0301. The van der Waals surface area contributed by atoms with Crippen LogP contribution in [0.3, 0.4) is 0 Å². The molecule has 0 atom stereocenters. The number of sulfone groups is 2. The van der Waals surface area contributed by atoms with Crippen molar-refractivity contribution in [3.63, 3.8) is 0 Å². The van der Waals surface area contributed by atoms with Crippen LogP contribution in [0.25, 0.3) is 0 Å². The topological polar surface area (TPSA) is 113 Å². The van der Waals surface area contributed by atoms with Crippen LogP contribution in [0.1, 0.15) is 22.3 Å². The van der Waals surface area contributed by atoms with Crippen molar-refractivity contribution in [2.45, 2.75) is 48.4 Å². The summed E-state index contributed by atoms with van der Waals surface area (Å²) < 4.78 is 60.2. The Morgan fingerprint density at radius 3 is 1.45 bits per heavy atom. The van der Waals surface area contributed by atoms with E-state index in [4.69, 9.17) is 9.31 Å². The van der Waals surface area contributed by atoms with Gasteiger partial charge in [0.25, 0.3) is 0 Å². The lowest BCUT2D eigenvalue weighted by molar-refractivity contribution is 0.333. The van der Waals surface area contributed by atoms with Crippen molar-refractivity contribution in [1.82, 2.24) is 9.97 Å². The highest BCUT2D eigenvalue weighted by atomic mass is 32.2. The molecule has 12 heteroatoms. The zero-order valence-electron chi connectivity index (χ0n) is 22.2. The fraction of sp³-hybridized carbons (Fsp3) is 0.214. The van der Waals surface area contributed by atoms with Gasteiger partial charge in [0.05, 0.1) is 24.7 Å². The van der Waals surface area contributed by atoms with Crippen LogP contribution in [-0.2, 0) is 53.7 Å². The fourth-order valence-corrected chi connectivity index (χ4v) is 7.29. The Morgan fingerprint density at radius 2 is 1.07 bits per heavy atom. The van der Waals surface area contributed by atoms with E-state index in [1.165, 1.54) is 24.5 Å². The molecule has 0 saturated heterocycles. The average Bonchev–Trinajstić information content (AvgIpc) is 3.51. The van der Waals surface area contributed by atoms with Gasteiger partial charge in [-0.25, -0.2) is 26.8 Å². The van der Waals surface area contributed by atoms with Crippen molar-refractivity contribution < 1.29 is 26.1 Å². The standard InChI is InChI=1S/2C14H14BNO3S/c2*1-15-13-8-11(5-6-12(13)9-19-15)10-20(17,18)14-4-2-3-7-16-14/h2*2-8H,9-10H2,1H3. The second-order valence-electron chi connectivity index (χ2n) is 9.83. The van der Waals surface area contributed by atoms with Gasteiger partial charge in [-0.05, 0) is 57.4 Å². The Morgan fingerprint density at radius 1 is 0.650 bits per heavy atom. The second kappa shape index (κ2) is 11.7. The van der Waals surface area contributed by atoms with Crippen LogP contribution >= 0.6 is 0 Å². The summed E-state index contributed by atoms with van der Waals surface area (Å²) in [6.45, 7) is 5.21. The van der Waals surface area contributed by atoms with Crippen molar-refractivity contribution >= 4 is 44.4 Å². The Balaban J connectivity index is 0.000000161. The molecule has 8 nitrogen and oxygen atoms in total. The number of rotatable bonds is 6. The monoisotopic (exact) mass is 574 g/mol.